The van der Waals surface area contributed by atoms with Crippen LogP contribution in [-0.4, -0.2) is 45.7 Å². The minimum atomic E-state index is -0.00940. The molecule has 0 radical (unpaired) electrons. The average Bonchev–Trinajstić information content (AvgIpc) is 2.81. The molecule has 31 heavy (non-hydrogen) atoms. The van der Waals surface area contributed by atoms with E-state index in [1.807, 2.05) is 72.8 Å². The smallest absolute Gasteiger partial charge is 0.279 e. The quantitative estimate of drug-likeness (QED) is 0.620. The fourth-order valence-electron chi connectivity index (χ4n) is 3.83. The number of para-hydroxylation sites is 5. The molecule has 6 nitrogen and oxygen atoms in total. The van der Waals surface area contributed by atoms with Crippen LogP contribution < -0.4 is 24.6 Å². The summed E-state index contributed by atoms with van der Waals surface area (Å²) in [5.74, 6) is 2.25. The fraction of sp³-hybridized carbons (Fsp3) is 0.240. The van der Waals surface area contributed by atoms with E-state index >= 15 is 0 Å². The molecule has 0 unspecified atom stereocenters. The van der Waals surface area contributed by atoms with Gasteiger partial charge < -0.3 is 24.6 Å². The molecule has 0 bridgehead atoms. The zero-order valence-corrected chi connectivity index (χ0v) is 17.7. The van der Waals surface area contributed by atoms with Gasteiger partial charge in [0.25, 0.3) is 5.91 Å². The molecule has 0 atom stereocenters. The van der Waals surface area contributed by atoms with Crippen LogP contribution in [0.25, 0.3) is 0 Å². The summed E-state index contributed by atoms with van der Waals surface area (Å²) in [6.07, 6.45) is 0. The number of hydrogen-bond acceptors (Lipinski definition) is 4. The lowest BCUT2D eigenvalue weighted by Crippen LogP contribution is -3.15. The van der Waals surface area contributed by atoms with Crippen molar-refractivity contribution in [3.05, 3.63) is 78.9 Å². The Morgan fingerprint density at radius 2 is 1.55 bits per heavy atom. The zero-order chi connectivity index (χ0) is 21.5. The van der Waals surface area contributed by atoms with Gasteiger partial charge >= 0.3 is 0 Å². The molecule has 0 saturated carbocycles. The highest BCUT2D eigenvalue weighted by atomic mass is 16.5. The van der Waals surface area contributed by atoms with Crippen LogP contribution in [0.3, 0.4) is 0 Å². The Morgan fingerprint density at radius 1 is 0.903 bits per heavy atom. The van der Waals surface area contributed by atoms with Gasteiger partial charge in [0.05, 0.1) is 44.7 Å². The lowest BCUT2D eigenvalue weighted by molar-refractivity contribution is -0.892. The third-order valence-electron chi connectivity index (χ3n) is 5.44. The normalized spacial score (nSPS) is 14.2. The first-order chi connectivity index (χ1) is 15.2. The first-order valence-electron chi connectivity index (χ1n) is 10.6. The first kappa shape index (κ1) is 20.8. The molecule has 1 fully saturated rings. The van der Waals surface area contributed by atoms with Crippen LogP contribution in [0.2, 0.25) is 0 Å². The Balaban J connectivity index is 1.32. The van der Waals surface area contributed by atoms with Crippen molar-refractivity contribution in [2.24, 2.45) is 0 Å². The standard InChI is InChI=1S/C25H27N3O3/c1-30-24-14-8-6-12-22(24)28-17-15-27(16-18-28)19-25(29)26-21-11-5-7-13-23(21)31-20-9-3-2-4-10-20/h2-14H,15-19H2,1H3,(H,26,29)/p+1. The Labute approximate surface area is 183 Å². The number of nitrogens with zero attached hydrogens (tertiary/aromatic N) is 1. The van der Waals surface area contributed by atoms with Gasteiger partial charge in [-0.05, 0) is 36.4 Å². The largest absolute Gasteiger partial charge is 0.495 e. The molecule has 0 spiro atoms. The summed E-state index contributed by atoms with van der Waals surface area (Å²) in [5, 5.41) is 3.02. The number of nitrogens with one attached hydrogen (secondary N) is 2. The lowest BCUT2D eigenvalue weighted by Gasteiger charge is -2.34. The molecule has 0 aliphatic carbocycles. The van der Waals surface area contributed by atoms with Crippen molar-refractivity contribution in [1.82, 2.24) is 0 Å². The van der Waals surface area contributed by atoms with E-state index in [0.717, 1.165) is 43.4 Å². The second-order valence-corrected chi connectivity index (χ2v) is 7.55. The molecule has 2 N–H and O–H groups in total. The molecule has 1 aliphatic heterocycles. The molecule has 160 valence electrons. The van der Waals surface area contributed by atoms with Gasteiger partial charge in [-0.2, -0.15) is 0 Å². The lowest BCUT2D eigenvalue weighted by atomic mass is 10.2. The van der Waals surface area contributed by atoms with Crippen LogP contribution in [0.5, 0.6) is 17.2 Å². The first-order valence-corrected chi connectivity index (χ1v) is 10.6. The van der Waals surface area contributed by atoms with Gasteiger partial charge in [0.15, 0.2) is 12.3 Å². The van der Waals surface area contributed by atoms with E-state index in [1.165, 1.54) is 4.90 Å². The highest BCUT2D eigenvalue weighted by Gasteiger charge is 2.24. The molecule has 1 saturated heterocycles. The number of amides is 1. The van der Waals surface area contributed by atoms with E-state index in [0.29, 0.717) is 18.0 Å². The van der Waals surface area contributed by atoms with Crippen molar-refractivity contribution in [3.8, 4) is 17.2 Å². The number of benzene rings is 3. The fourth-order valence-corrected chi connectivity index (χ4v) is 3.83. The summed E-state index contributed by atoms with van der Waals surface area (Å²) in [7, 11) is 1.70. The molecular weight excluding hydrogens is 390 g/mol. The summed E-state index contributed by atoms with van der Waals surface area (Å²) in [5.41, 5.74) is 1.80. The Kier molecular flexibility index (Phi) is 6.69. The Bertz CT molecular complexity index is 1000. The third kappa shape index (κ3) is 5.35. The van der Waals surface area contributed by atoms with Crippen LogP contribution >= 0.6 is 0 Å². The highest BCUT2D eigenvalue weighted by Crippen LogP contribution is 2.29. The van der Waals surface area contributed by atoms with Crippen LogP contribution in [0.1, 0.15) is 0 Å². The number of hydrogen-bond donors (Lipinski definition) is 2. The van der Waals surface area contributed by atoms with Crippen LogP contribution in [0.4, 0.5) is 11.4 Å². The maximum Gasteiger partial charge on any atom is 0.279 e. The maximum atomic E-state index is 12.7. The molecule has 1 aliphatic rings. The highest BCUT2D eigenvalue weighted by molar-refractivity contribution is 5.93. The molecule has 6 heteroatoms. The molecule has 3 aromatic rings. The van der Waals surface area contributed by atoms with Gasteiger partial charge in [0.1, 0.15) is 11.5 Å². The number of anilines is 2. The number of quaternary nitrogens is 1. The van der Waals surface area contributed by atoms with Crippen molar-refractivity contribution in [2.75, 3.05) is 50.1 Å². The summed E-state index contributed by atoms with van der Waals surface area (Å²) in [4.78, 5) is 16.3. The van der Waals surface area contributed by atoms with Crippen molar-refractivity contribution >= 4 is 17.3 Å². The van der Waals surface area contributed by atoms with E-state index in [9.17, 15) is 4.79 Å². The maximum absolute atomic E-state index is 12.7. The van der Waals surface area contributed by atoms with Crippen molar-refractivity contribution in [3.63, 3.8) is 0 Å². The van der Waals surface area contributed by atoms with Gasteiger partial charge in [-0.1, -0.05) is 42.5 Å². The Hall–Kier alpha value is -3.51. The van der Waals surface area contributed by atoms with Crippen molar-refractivity contribution in [2.45, 2.75) is 0 Å². The topological polar surface area (TPSA) is 55.2 Å². The predicted molar refractivity (Wildman–Crippen MR) is 122 cm³/mol. The monoisotopic (exact) mass is 418 g/mol. The molecule has 0 aromatic heterocycles. The zero-order valence-electron chi connectivity index (χ0n) is 17.7. The second kappa shape index (κ2) is 10.00. The Morgan fingerprint density at radius 3 is 2.29 bits per heavy atom. The third-order valence-corrected chi connectivity index (χ3v) is 5.44. The van der Waals surface area contributed by atoms with Crippen LogP contribution in [-0.2, 0) is 4.79 Å². The minimum absolute atomic E-state index is 0.00940. The number of methoxy groups -OCH3 is 1. The molecule has 1 heterocycles. The van der Waals surface area contributed by atoms with Crippen LogP contribution in [0.15, 0.2) is 78.9 Å². The SMILES string of the molecule is COc1ccccc1N1CC[NH+](CC(=O)Nc2ccccc2Oc2ccccc2)CC1. The van der Waals surface area contributed by atoms with Gasteiger partial charge in [-0.25, -0.2) is 0 Å². The molecule has 3 aromatic carbocycles. The van der Waals surface area contributed by atoms with E-state index in [1.54, 1.807) is 7.11 Å². The van der Waals surface area contributed by atoms with E-state index in [4.69, 9.17) is 9.47 Å². The van der Waals surface area contributed by atoms with E-state index in [2.05, 4.69) is 16.3 Å². The average molecular weight is 419 g/mol. The molecule has 4 rings (SSSR count). The number of carbonyl (C=O) groups excluding carboxylic acids is 1. The minimum Gasteiger partial charge on any atom is -0.495 e. The van der Waals surface area contributed by atoms with Crippen LogP contribution in [0, 0.1) is 0 Å². The van der Waals surface area contributed by atoms with E-state index < -0.39 is 0 Å². The van der Waals surface area contributed by atoms with Gasteiger partial charge in [0.2, 0.25) is 0 Å². The summed E-state index contributed by atoms with van der Waals surface area (Å²) in [6.45, 7) is 3.99. The van der Waals surface area contributed by atoms with Crippen molar-refractivity contribution in [1.29, 1.82) is 0 Å². The van der Waals surface area contributed by atoms with E-state index in [-0.39, 0.29) is 5.91 Å². The summed E-state index contributed by atoms with van der Waals surface area (Å²) < 4.78 is 11.4. The number of rotatable bonds is 7. The number of ether oxygens (including phenoxy) is 2. The number of carbonyl (C=O) groups is 1. The predicted octanol–water partition coefficient (Wildman–Crippen LogP) is 2.83. The summed E-state index contributed by atoms with van der Waals surface area (Å²) >= 11 is 0. The van der Waals surface area contributed by atoms with Gasteiger partial charge in [0, 0.05) is 0 Å². The second-order valence-electron chi connectivity index (χ2n) is 7.55. The van der Waals surface area contributed by atoms with Gasteiger partial charge in [-0.3, -0.25) is 4.79 Å². The van der Waals surface area contributed by atoms with Crippen molar-refractivity contribution < 1.29 is 19.2 Å². The van der Waals surface area contributed by atoms with Gasteiger partial charge in [-0.15, -0.1) is 0 Å². The molecule has 1 amide bonds. The number of piperazine rings is 1. The summed E-state index contributed by atoms with van der Waals surface area (Å²) in [6, 6.07) is 25.2. The molecular formula is C25H28N3O3+.